The zero-order valence-electron chi connectivity index (χ0n) is 9.73. The molecule has 0 aliphatic carbocycles. The van der Waals surface area contributed by atoms with Crippen molar-refractivity contribution in [2.24, 2.45) is 0 Å². The highest BCUT2D eigenvalue weighted by atomic mass is 35.5. The lowest BCUT2D eigenvalue weighted by Gasteiger charge is -2.10. The van der Waals surface area contributed by atoms with Gasteiger partial charge >= 0.3 is 12.0 Å². The molecule has 0 aliphatic rings. The number of aromatic hydroxyl groups is 1. The van der Waals surface area contributed by atoms with Crippen LogP contribution in [0.25, 0.3) is 5.69 Å². The molecule has 112 valence electrons. The summed E-state index contributed by atoms with van der Waals surface area (Å²) in [6.45, 7) is 0. The Morgan fingerprint density at radius 2 is 1.81 bits per heavy atom. The van der Waals surface area contributed by atoms with E-state index in [4.69, 9.17) is 23.2 Å². The minimum Gasteiger partial charge on any atom is -0.500 e. The van der Waals surface area contributed by atoms with E-state index in [9.17, 15) is 28.4 Å². The van der Waals surface area contributed by atoms with E-state index in [2.05, 4.69) is 5.10 Å². The van der Waals surface area contributed by atoms with E-state index < -0.39 is 38.3 Å². The van der Waals surface area contributed by atoms with Gasteiger partial charge in [-0.2, -0.15) is 13.2 Å². The van der Waals surface area contributed by atoms with Crippen LogP contribution in [0.2, 0.25) is 10.0 Å². The third-order valence-electron chi connectivity index (χ3n) is 2.42. The lowest BCUT2D eigenvalue weighted by atomic mass is 10.2. The fourth-order valence-electron chi connectivity index (χ4n) is 1.55. The number of rotatable bonds is 2. The maximum atomic E-state index is 12.6. The fraction of sp³-hybridized carbons (Fsp3) is 0.100. The molecule has 1 heterocycles. The molecule has 0 fully saturated rings. The van der Waals surface area contributed by atoms with Crippen molar-refractivity contribution in [2.45, 2.75) is 6.18 Å². The maximum absolute atomic E-state index is 12.6. The van der Waals surface area contributed by atoms with Crippen LogP contribution in [-0.4, -0.2) is 19.8 Å². The standard InChI is InChI=1S/C10H4Cl2F3N3O3/c11-5-1-4(10(13,14)15)2-6(12)8(5)17-3-7(19)9(16-17)18(20)21/h1-3,19H. The molecule has 0 spiro atoms. The van der Waals surface area contributed by atoms with E-state index in [1.807, 2.05) is 0 Å². The van der Waals surface area contributed by atoms with Gasteiger partial charge in [0.1, 0.15) is 11.9 Å². The molecule has 2 rings (SSSR count). The van der Waals surface area contributed by atoms with Crippen LogP contribution in [0, 0.1) is 10.1 Å². The summed E-state index contributed by atoms with van der Waals surface area (Å²) in [4.78, 5) is 9.62. The van der Waals surface area contributed by atoms with Crippen LogP contribution in [0.15, 0.2) is 18.3 Å². The van der Waals surface area contributed by atoms with Gasteiger partial charge in [0.05, 0.1) is 20.7 Å². The van der Waals surface area contributed by atoms with Gasteiger partial charge in [-0.1, -0.05) is 23.2 Å². The molecule has 0 saturated heterocycles. The van der Waals surface area contributed by atoms with Crippen molar-refractivity contribution in [1.29, 1.82) is 0 Å². The Morgan fingerprint density at radius 1 is 1.29 bits per heavy atom. The molecule has 6 nitrogen and oxygen atoms in total. The zero-order valence-corrected chi connectivity index (χ0v) is 11.2. The smallest absolute Gasteiger partial charge is 0.432 e. The summed E-state index contributed by atoms with van der Waals surface area (Å²) in [5.41, 5.74) is -1.29. The molecule has 0 atom stereocenters. The first kappa shape index (κ1) is 15.4. The molecule has 0 radical (unpaired) electrons. The molecule has 1 N–H and O–H groups in total. The number of hydrogen-bond acceptors (Lipinski definition) is 4. The second kappa shape index (κ2) is 5.08. The predicted molar refractivity (Wildman–Crippen MR) is 66.9 cm³/mol. The first-order valence-corrected chi connectivity index (χ1v) is 5.86. The van der Waals surface area contributed by atoms with Gasteiger partial charge in [-0.3, -0.25) is 0 Å². The SMILES string of the molecule is O=[N+]([O-])c1nn(-c2c(Cl)cc(C(F)(F)F)cc2Cl)cc1O. The number of aromatic nitrogens is 2. The van der Waals surface area contributed by atoms with E-state index in [-0.39, 0.29) is 5.69 Å². The van der Waals surface area contributed by atoms with E-state index >= 15 is 0 Å². The summed E-state index contributed by atoms with van der Waals surface area (Å²) >= 11 is 11.4. The molecule has 21 heavy (non-hydrogen) atoms. The molecule has 1 aromatic heterocycles. The maximum Gasteiger partial charge on any atom is 0.432 e. The highest BCUT2D eigenvalue weighted by molar-refractivity contribution is 6.37. The Labute approximate surface area is 124 Å². The van der Waals surface area contributed by atoms with Crippen LogP contribution in [0.4, 0.5) is 19.0 Å². The van der Waals surface area contributed by atoms with Crippen LogP contribution in [-0.2, 0) is 6.18 Å². The van der Waals surface area contributed by atoms with Crippen LogP contribution in [0.1, 0.15) is 5.56 Å². The van der Waals surface area contributed by atoms with Crippen molar-refractivity contribution in [3.05, 3.63) is 44.1 Å². The number of hydrogen-bond donors (Lipinski definition) is 1. The Bertz CT molecular complexity index is 707. The van der Waals surface area contributed by atoms with Gasteiger partial charge in [-0.15, -0.1) is 4.68 Å². The molecule has 0 saturated carbocycles. The number of nitro groups is 1. The Kier molecular flexibility index (Phi) is 3.72. The number of alkyl halides is 3. The highest BCUT2D eigenvalue weighted by Crippen LogP contribution is 2.38. The summed E-state index contributed by atoms with van der Waals surface area (Å²) in [6, 6.07) is 1.21. The zero-order chi connectivity index (χ0) is 15.9. The van der Waals surface area contributed by atoms with Crippen molar-refractivity contribution in [3.8, 4) is 11.4 Å². The molecule has 0 amide bonds. The molecule has 1 aromatic carbocycles. The first-order valence-electron chi connectivity index (χ1n) is 5.11. The summed E-state index contributed by atoms with van der Waals surface area (Å²) in [5.74, 6) is -1.64. The third-order valence-corrected chi connectivity index (χ3v) is 3.00. The second-order valence-electron chi connectivity index (χ2n) is 3.83. The van der Waals surface area contributed by atoms with Gasteiger partial charge in [0.15, 0.2) is 0 Å². The van der Waals surface area contributed by atoms with Gasteiger partial charge in [0.2, 0.25) is 5.75 Å². The van der Waals surface area contributed by atoms with E-state index in [0.29, 0.717) is 12.1 Å². The number of nitrogens with zero attached hydrogens (tertiary/aromatic N) is 3. The second-order valence-corrected chi connectivity index (χ2v) is 4.64. The monoisotopic (exact) mass is 341 g/mol. The largest absolute Gasteiger partial charge is 0.500 e. The van der Waals surface area contributed by atoms with Crippen molar-refractivity contribution in [3.63, 3.8) is 0 Å². The average Bonchev–Trinajstić information content (AvgIpc) is 2.69. The molecule has 0 bridgehead atoms. The van der Waals surface area contributed by atoms with Gasteiger partial charge in [0.25, 0.3) is 0 Å². The van der Waals surface area contributed by atoms with Crippen LogP contribution in [0.3, 0.4) is 0 Å². The van der Waals surface area contributed by atoms with Crippen LogP contribution < -0.4 is 0 Å². The third kappa shape index (κ3) is 2.88. The van der Waals surface area contributed by atoms with Gasteiger partial charge in [0, 0.05) is 0 Å². The van der Waals surface area contributed by atoms with Crippen LogP contribution in [0.5, 0.6) is 5.75 Å². The highest BCUT2D eigenvalue weighted by Gasteiger charge is 2.33. The van der Waals surface area contributed by atoms with Crippen molar-refractivity contribution < 1.29 is 23.2 Å². The number of halogens is 5. The van der Waals surface area contributed by atoms with Crippen molar-refractivity contribution >= 4 is 29.0 Å². The van der Waals surface area contributed by atoms with Crippen LogP contribution >= 0.6 is 23.2 Å². The van der Waals surface area contributed by atoms with Gasteiger partial charge in [-0.05, 0) is 17.1 Å². The molecular weight excluding hydrogens is 338 g/mol. The molecule has 0 unspecified atom stereocenters. The predicted octanol–water partition coefficient (Wildman–Crippen LogP) is 3.81. The molecule has 0 aliphatic heterocycles. The summed E-state index contributed by atoms with van der Waals surface area (Å²) in [7, 11) is 0. The summed E-state index contributed by atoms with van der Waals surface area (Å²) in [5, 5.41) is 22.5. The Hall–Kier alpha value is -2.00. The lowest BCUT2D eigenvalue weighted by molar-refractivity contribution is -0.390. The van der Waals surface area contributed by atoms with Gasteiger partial charge in [-0.25, -0.2) is 0 Å². The van der Waals surface area contributed by atoms with E-state index in [1.165, 1.54) is 0 Å². The lowest BCUT2D eigenvalue weighted by Crippen LogP contribution is -2.07. The number of benzene rings is 1. The topological polar surface area (TPSA) is 81.2 Å². The van der Waals surface area contributed by atoms with E-state index in [1.54, 1.807) is 0 Å². The summed E-state index contributed by atoms with van der Waals surface area (Å²) in [6.07, 6.45) is -3.83. The van der Waals surface area contributed by atoms with Crippen molar-refractivity contribution in [2.75, 3.05) is 0 Å². The first-order chi connectivity index (χ1) is 9.61. The normalized spacial score (nSPS) is 11.7. The molecule has 11 heteroatoms. The quantitative estimate of drug-likeness (QED) is 0.665. The summed E-state index contributed by atoms with van der Waals surface area (Å²) < 4.78 is 38.5. The Balaban J connectivity index is 2.60. The Morgan fingerprint density at radius 3 is 2.19 bits per heavy atom. The fourth-order valence-corrected chi connectivity index (χ4v) is 2.21. The minimum absolute atomic E-state index is 0.213. The average molecular weight is 342 g/mol. The molecular formula is C10H4Cl2F3N3O3. The molecule has 2 aromatic rings. The van der Waals surface area contributed by atoms with Crippen molar-refractivity contribution in [1.82, 2.24) is 9.78 Å². The van der Waals surface area contributed by atoms with E-state index in [0.717, 1.165) is 10.9 Å². The minimum atomic E-state index is -4.65. The van der Waals surface area contributed by atoms with Gasteiger partial charge < -0.3 is 15.2 Å².